The number of hydrogen-bond donors (Lipinski definition) is 0. The molecule has 0 aliphatic rings. The lowest BCUT2D eigenvalue weighted by Crippen LogP contribution is -2.52. The first kappa shape index (κ1) is 26.1. The maximum absolute atomic E-state index is 12.6. The van der Waals surface area contributed by atoms with E-state index in [1.54, 1.807) is 41.5 Å². The van der Waals surface area contributed by atoms with Crippen molar-refractivity contribution in [1.29, 1.82) is 0 Å². The minimum Gasteiger partial charge on any atom is -0.467 e. The molecule has 0 unspecified atom stereocenters. The fourth-order valence-electron chi connectivity index (χ4n) is 1.93. The largest absolute Gasteiger partial charge is 0.467 e. The van der Waals surface area contributed by atoms with Crippen molar-refractivity contribution in [2.24, 2.45) is 0 Å². The summed E-state index contributed by atoms with van der Waals surface area (Å²) in [6.45, 7) is 9.38. The molecule has 0 aliphatic carbocycles. The Morgan fingerprint density at radius 2 is 1.36 bits per heavy atom. The van der Waals surface area contributed by atoms with E-state index in [0.717, 1.165) is 13.4 Å². The molecule has 0 saturated carbocycles. The molecule has 11 heteroatoms. The van der Waals surface area contributed by atoms with E-state index in [0.29, 0.717) is 4.90 Å². The molecule has 164 valence electrons. The van der Waals surface area contributed by atoms with Gasteiger partial charge in [0, 0.05) is 0 Å². The Kier molecular flexibility index (Phi) is 9.38. The van der Waals surface area contributed by atoms with Crippen LogP contribution in [-0.4, -0.2) is 68.7 Å². The van der Waals surface area contributed by atoms with Crippen LogP contribution in [0.25, 0.3) is 0 Å². The minimum atomic E-state index is -3.66. The molecule has 0 rings (SSSR count). The number of ether oxygens (including phenoxy) is 3. The van der Waals surface area contributed by atoms with Crippen LogP contribution in [-0.2, 0) is 33.3 Å². The molecule has 0 aromatic carbocycles. The van der Waals surface area contributed by atoms with Gasteiger partial charge < -0.3 is 14.2 Å². The first-order valence-corrected chi connectivity index (χ1v) is 10.5. The molecule has 28 heavy (non-hydrogen) atoms. The summed E-state index contributed by atoms with van der Waals surface area (Å²) in [5, 5.41) is 0. The molecular formula is C17H31NO9S. The number of amides is 2. The third kappa shape index (κ3) is 11.1. The monoisotopic (exact) mass is 425 g/mol. The summed E-state index contributed by atoms with van der Waals surface area (Å²) in [5.41, 5.74) is -1.87. The first-order valence-electron chi connectivity index (χ1n) is 8.64. The molecule has 1 atom stereocenters. The Morgan fingerprint density at radius 3 is 1.68 bits per heavy atom. The molecule has 10 nitrogen and oxygen atoms in total. The van der Waals surface area contributed by atoms with Gasteiger partial charge in [-0.15, -0.1) is 0 Å². The van der Waals surface area contributed by atoms with Crippen molar-refractivity contribution in [2.75, 3.05) is 20.0 Å². The molecule has 0 aliphatic heterocycles. The lowest BCUT2D eigenvalue weighted by molar-refractivity contribution is -0.147. The highest BCUT2D eigenvalue weighted by Crippen LogP contribution is 2.20. The van der Waals surface area contributed by atoms with E-state index >= 15 is 0 Å². The second kappa shape index (κ2) is 10.1. The van der Waals surface area contributed by atoms with E-state index in [1.807, 2.05) is 0 Å². The third-order valence-electron chi connectivity index (χ3n) is 2.88. The zero-order chi connectivity index (χ0) is 22.3. The minimum absolute atomic E-state index is 0.0505. The summed E-state index contributed by atoms with van der Waals surface area (Å²) < 4.78 is 41.9. The second-order valence-corrected chi connectivity index (χ2v) is 9.68. The van der Waals surface area contributed by atoms with Crippen LogP contribution in [0.3, 0.4) is 0 Å². The summed E-state index contributed by atoms with van der Waals surface area (Å²) in [6, 6.07) is -1.38. The molecule has 0 saturated heterocycles. The van der Waals surface area contributed by atoms with Crippen molar-refractivity contribution in [1.82, 2.24) is 4.90 Å². The number of imide groups is 1. The van der Waals surface area contributed by atoms with Gasteiger partial charge in [0.25, 0.3) is 10.1 Å². The van der Waals surface area contributed by atoms with Gasteiger partial charge in [0.1, 0.15) is 17.2 Å². The SMILES string of the molecule is COC(=O)[C@H](CCCOS(C)(=O)=O)N(C(=O)OC(C)(C)C)C(=O)OC(C)(C)C. The molecule has 0 fully saturated rings. The summed E-state index contributed by atoms with van der Waals surface area (Å²) in [5.74, 6) is -0.879. The van der Waals surface area contributed by atoms with Gasteiger partial charge in [0.15, 0.2) is 0 Å². The van der Waals surface area contributed by atoms with Crippen LogP contribution in [0.4, 0.5) is 9.59 Å². The molecule has 0 heterocycles. The molecule has 0 aromatic rings. The Balaban J connectivity index is 5.65. The summed E-state index contributed by atoms with van der Waals surface area (Å²) in [6.07, 6.45) is -1.34. The van der Waals surface area contributed by atoms with Crippen LogP contribution in [0.5, 0.6) is 0 Å². The third-order valence-corrected chi connectivity index (χ3v) is 3.48. The maximum Gasteiger partial charge on any atom is 0.420 e. The Bertz CT molecular complexity index is 631. The Hall–Kier alpha value is -1.88. The average molecular weight is 426 g/mol. The Labute approximate surface area is 166 Å². The molecule has 0 aromatic heterocycles. The Morgan fingerprint density at radius 1 is 0.929 bits per heavy atom. The maximum atomic E-state index is 12.6. The quantitative estimate of drug-likeness (QED) is 0.262. The summed E-state index contributed by atoms with van der Waals surface area (Å²) in [7, 11) is -2.56. The van der Waals surface area contributed by atoms with Gasteiger partial charge in [0.2, 0.25) is 0 Å². The molecule has 2 amide bonds. The number of nitrogens with zero attached hydrogens (tertiary/aromatic N) is 1. The van der Waals surface area contributed by atoms with Gasteiger partial charge in [-0.3, -0.25) is 4.18 Å². The van der Waals surface area contributed by atoms with E-state index in [-0.39, 0.29) is 19.4 Å². The van der Waals surface area contributed by atoms with Gasteiger partial charge in [-0.25, -0.2) is 14.4 Å². The molecule has 0 spiro atoms. The summed E-state index contributed by atoms with van der Waals surface area (Å²) in [4.78, 5) is 38.0. The molecular weight excluding hydrogens is 394 g/mol. The number of methoxy groups -OCH3 is 1. The molecule has 0 bridgehead atoms. The van der Waals surface area contributed by atoms with Crippen molar-refractivity contribution in [3.8, 4) is 0 Å². The fourth-order valence-corrected chi connectivity index (χ4v) is 2.35. The fraction of sp³-hybridized carbons (Fsp3) is 0.824. The smallest absolute Gasteiger partial charge is 0.420 e. The van der Waals surface area contributed by atoms with E-state index in [4.69, 9.17) is 14.2 Å². The van der Waals surface area contributed by atoms with E-state index in [9.17, 15) is 22.8 Å². The molecule has 0 radical (unpaired) electrons. The van der Waals surface area contributed by atoms with E-state index in [2.05, 4.69) is 4.18 Å². The van der Waals surface area contributed by atoms with E-state index in [1.165, 1.54) is 0 Å². The van der Waals surface area contributed by atoms with Crippen molar-refractivity contribution >= 4 is 28.3 Å². The number of carbonyl (C=O) groups excluding carboxylic acids is 3. The second-order valence-electron chi connectivity index (χ2n) is 8.04. The number of carbonyl (C=O) groups is 3. The standard InChI is InChI=1S/C17H31NO9S/c1-16(2,3)26-14(20)18(15(21)27-17(4,5)6)12(13(19)24-7)10-9-11-25-28(8,22)23/h12H,9-11H2,1-8H3/t12-/m0/s1. The van der Waals surface area contributed by atoms with Crippen molar-refractivity contribution in [2.45, 2.75) is 71.6 Å². The predicted molar refractivity (Wildman–Crippen MR) is 100 cm³/mol. The van der Waals surface area contributed by atoms with Gasteiger partial charge in [0.05, 0.1) is 20.0 Å². The highest BCUT2D eigenvalue weighted by Gasteiger charge is 2.40. The van der Waals surface area contributed by atoms with Crippen LogP contribution in [0, 0.1) is 0 Å². The van der Waals surface area contributed by atoms with Crippen LogP contribution >= 0.6 is 0 Å². The lowest BCUT2D eigenvalue weighted by atomic mass is 10.1. The van der Waals surface area contributed by atoms with Crippen molar-refractivity contribution in [3.05, 3.63) is 0 Å². The lowest BCUT2D eigenvalue weighted by Gasteiger charge is -2.32. The van der Waals surface area contributed by atoms with Gasteiger partial charge >= 0.3 is 18.2 Å². The first-order chi connectivity index (χ1) is 12.5. The number of esters is 1. The van der Waals surface area contributed by atoms with Crippen LogP contribution in [0.1, 0.15) is 54.4 Å². The highest BCUT2D eigenvalue weighted by atomic mass is 32.2. The highest BCUT2D eigenvalue weighted by molar-refractivity contribution is 7.85. The van der Waals surface area contributed by atoms with Crippen LogP contribution < -0.4 is 0 Å². The average Bonchev–Trinajstić information content (AvgIpc) is 2.44. The number of hydrogen-bond acceptors (Lipinski definition) is 9. The van der Waals surface area contributed by atoms with Crippen molar-refractivity contribution in [3.63, 3.8) is 0 Å². The number of rotatable bonds is 7. The zero-order valence-corrected chi connectivity index (χ0v) is 18.5. The predicted octanol–water partition coefficient (Wildman–Crippen LogP) is 2.46. The molecule has 0 N–H and O–H groups in total. The van der Waals surface area contributed by atoms with E-state index < -0.39 is 45.5 Å². The van der Waals surface area contributed by atoms with Crippen molar-refractivity contribution < 1.29 is 41.2 Å². The van der Waals surface area contributed by atoms with Crippen LogP contribution in [0.15, 0.2) is 0 Å². The summed E-state index contributed by atoms with van der Waals surface area (Å²) >= 11 is 0. The topological polar surface area (TPSA) is 126 Å². The zero-order valence-electron chi connectivity index (χ0n) is 17.7. The normalized spacial score (nSPS) is 13.4. The van der Waals surface area contributed by atoms with Gasteiger partial charge in [-0.1, -0.05) is 0 Å². The van der Waals surface area contributed by atoms with Gasteiger partial charge in [-0.05, 0) is 54.4 Å². The van der Waals surface area contributed by atoms with Crippen LogP contribution in [0.2, 0.25) is 0 Å². The van der Waals surface area contributed by atoms with Gasteiger partial charge in [-0.2, -0.15) is 13.3 Å².